The second kappa shape index (κ2) is 2.76. The van der Waals surface area contributed by atoms with Crippen molar-refractivity contribution in [1.29, 1.82) is 0 Å². The van der Waals surface area contributed by atoms with Crippen LogP contribution in [-0.2, 0) is 4.74 Å². The fourth-order valence-electron chi connectivity index (χ4n) is 2.66. The van der Waals surface area contributed by atoms with Gasteiger partial charge in [-0.2, -0.15) is 0 Å². The molecule has 1 aliphatic carbocycles. The van der Waals surface area contributed by atoms with E-state index in [2.05, 4.69) is 11.9 Å². The van der Waals surface area contributed by atoms with Gasteiger partial charge in [0.15, 0.2) is 0 Å². The third kappa shape index (κ3) is 1.18. The summed E-state index contributed by atoms with van der Waals surface area (Å²) in [4.78, 5) is 2.46. The number of piperidine rings is 2. The van der Waals surface area contributed by atoms with E-state index in [1.165, 1.54) is 25.8 Å². The number of nitrogens with zero attached hydrogens (tertiary/aromatic N) is 1. The van der Waals surface area contributed by atoms with Crippen LogP contribution in [0.15, 0.2) is 0 Å². The highest BCUT2D eigenvalue weighted by Crippen LogP contribution is 2.35. The summed E-state index contributed by atoms with van der Waals surface area (Å²) in [6, 6.07) is 0.713. The van der Waals surface area contributed by atoms with Crippen molar-refractivity contribution < 1.29 is 4.74 Å². The van der Waals surface area contributed by atoms with Gasteiger partial charge in [-0.15, -0.1) is 0 Å². The Labute approximate surface area is 68.5 Å². The smallest absolute Gasteiger partial charge is 0.0729 e. The van der Waals surface area contributed by atoms with Crippen molar-refractivity contribution in [2.24, 2.45) is 5.92 Å². The molecular formula is C9H17NO. The van der Waals surface area contributed by atoms with E-state index in [0.717, 1.165) is 5.92 Å². The number of fused-ring (bicyclic) bond motifs is 3. The molecule has 2 nitrogen and oxygen atoms in total. The summed E-state index contributed by atoms with van der Waals surface area (Å²) in [6.45, 7) is 1.30. The fourth-order valence-corrected chi connectivity index (χ4v) is 2.66. The molecule has 3 fully saturated rings. The lowest BCUT2D eigenvalue weighted by atomic mass is 9.78. The highest BCUT2D eigenvalue weighted by molar-refractivity contribution is 4.92. The molecule has 2 heterocycles. The van der Waals surface area contributed by atoms with Gasteiger partial charge in [0.25, 0.3) is 0 Å². The molecule has 0 spiro atoms. The summed E-state index contributed by atoms with van der Waals surface area (Å²) in [6.07, 6.45) is 4.59. The molecule has 0 aromatic carbocycles. The van der Waals surface area contributed by atoms with Gasteiger partial charge in [-0.3, -0.25) is 0 Å². The molecule has 0 N–H and O–H groups in total. The first-order valence-corrected chi connectivity index (χ1v) is 4.54. The normalized spacial score (nSPS) is 44.7. The molecule has 0 amide bonds. The van der Waals surface area contributed by atoms with Crippen LogP contribution in [0, 0.1) is 5.92 Å². The van der Waals surface area contributed by atoms with E-state index in [1.54, 1.807) is 0 Å². The van der Waals surface area contributed by atoms with Crippen LogP contribution in [0.4, 0.5) is 0 Å². The van der Waals surface area contributed by atoms with Crippen molar-refractivity contribution in [1.82, 2.24) is 4.90 Å². The maximum Gasteiger partial charge on any atom is 0.0729 e. The van der Waals surface area contributed by atoms with Crippen LogP contribution in [0.3, 0.4) is 0 Å². The Morgan fingerprint density at radius 2 is 2.18 bits per heavy atom. The molecule has 2 bridgehead atoms. The Balaban J connectivity index is 2.07. The Hall–Kier alpha value is -0.0800. The average molecular weight is 155 g/mol. The Morgan fingerprint density at radius 3 is 2.64 bits per heavy atom. The van der Waals surface area contributed by atoms with Gasteiger partial charge in [0.1, 0.15) is 0 Å². The van der Waals surface area contributed by atoms with Crippen LogP contribution in [0.5, 0.6) is 0 Å². The molecule has 1 saturated carbocycles. The first-order chi connectivity index (χ1) is 5.31. The maximum atomic E-state index is 5.45. The van der Waals surface area contributed by atoms with E-state index < -0.39 is 0 Å². The summed E-state index contributed by atoms with van der Waals surface area (Å²) >= 11 is 0. The Bertz CT molecular complexity index is 148. The molecular weight excluding hydrogens is 138 g/mol. The van der Waals surface area contributed by atoms with Crippen molar-refractivity contribution in [2.45, 2.75) is 31.4 Å². The first-order valence-electron chi connectivity index (χ1n) is 4.54. The van der Waals surface area contributed by atoms with Crippen molar-refractivity contribution in [2.75, 3.05) is 20.7 Å². The largest absolute Gasteiger partial charge is 0.380 e. The molecule has 11 heavy (non-hydrogen) atoms. The van der Waals surface area contributed by atoms with Gasteiger partial charge < -0.3 is 9.64 Å². The molecule has 3 rings (SSSR count). The van der Waals surface area contributed by atoms with Crippen LogP contribution < -0.4 is 0 Å². The highest BCUT2D eigenvalue weighted by atomic mass is 16.5. The number of methoxy groups -OCH3 is 1. The van der Waals surface area contributed by atoms with Gasteiger partial charge in [-0.1, -0.05) is 0 Å². The van der Waals surface area contributed by atoms with Gasteiger partial charge in [0.2, 0.25) is 0 Å². The first kappa shape index (κ1) is 7.56. The lowest BCUT2D eigenvalue weighted by molar-refractivity contribution is -0.0636. The standard InChI is InChI=1S/C9H17NO/c1-10-6-7-3-4-8(10)9(5-7)11-2/h7-9H,3-6H2,1-2H3. The van der Waals surface area contributed by atoms with E-state index >= 15 is 0 Å². The van der Waals surface area contributed by atoms with Crippen LogP contribution >= 0.6 is 0 Å². The molecule has 3 aliphatic rings. The third-order valence-corrected chi connectivity index (χ3v) is 3.28. The minimum atomic E-state index is 0.521. The van der Waals surface area contributed by atoms with Crippen LogP contribution in [0.1, 0.15) is 19.3 Å². The minimum Gasteiger partial charge on any atom is -0.380 e. The molecule has 2 aliphatic heterocycles. The average Bonchev–Trinajstić information content (AvgIpc) is 2.04. The van der Waals surface area contributed by atoms with E-state index in [0.29, 0.717) is 12.1 Å². The summed E-state index contributed by atoms with van der Waals surface area (Å²) in [5, 5.41) is 0. The predicted molar refractivity (Wildman–Crippen MR) is 44.6 cm³/mol. The zero-order chi connectivity index (χ0) is 7.84. The molecule has 3 atom stereocenters. The van der Waals surface area contributed by atoms with Gasteiger partial charge in [0, 0.05) is 19.7 Å². The zero-order valence-electron chi connectivity index (χ0n) is 7.42. The van der Waals surface area contributed by atoms with Crippen molar-refractivity contribution >= 4 is 0 Å². The van der Waals surface area contributed by atoms with Gasteiger partial charge in [0.05, 0.1) is 6.10 Å². The number of likely N-dealkylation sites (N-methyl/N-ethyl adjacent to an activating group) is 1. The van der Waals surface area contributed by atoms with Gasteiger partial charge in [-0.25, -0.2) is 0 Å². The quantitative estimate of drug-likeness (QED) is 0.562. The molecule has 0 radical (unpaired) electrons. The van der Waals surface area contributed by atoms with Crippen LogP contribution in [0.2, 0.25) is 0 Å². The van der Waals surface area contributed by atoms with Gasteiger partial charge >= 0.3 is 0 Å². The Morgan fingerprint density at radius 1 is 1.36 bits per heavy atom. The molecule has 64 valence electrons. The molecule has 0 aromatic heterocycles. The highest BCUT2D eigenvalue weighted by Gasteiger charge is 2.38. The lowest BCUT2D eigenvalue weighted by Gasteiger charge is -2.47. The summed E-state index contributed by atoms with van der Waals surface area (Å²) in [5.74, 6) is 0.912. The predicted octanol–water partition coefficient (Wildman–Crippen LogP) is 1.12. The van der Waals surface area contributed by atoms with E-state index in [-0.39, 0.29) is 0 Å². The number of hydrogen-bond donors (Lipinski definition) is 0. The van der Waals surface area contributed by atoms with E-state index in [1.807, 2.05) is 7.11 Å². The Kier molecular flexibility index (Phi) is 1.90. The van der Waals surface area contributed by atoms with E-state index in [4.69, 9.17) is 4.74 Å². The summed E-state index contributed by atoms with van der Waals surface area (Å²) in [5.41, 5.74) is 0. The van der Waals surface area contributed by atoms with Crippen molar-refractivity contribution in [3.8, 4) is 0 Å². The maximum absolute atomic E-state index is 5.45. The molecule has 2 heteroatoms. The van der Waals surface area contributed by atoms with Gasteiger partial charge in [-0.05, 0) is 32.2 Å². The van der Waals surface area contributed by atoms with Crippen LogP contribution in [-0.4, -0.2) is 37.7 Å². The van der Waals surface area contributed by atoms with Crippen LogP contribution in [0.25, 0.3) is 0 Å². The second-order valence-electron chi connectivity index (χ2n) is 3.96. The molecule has 3 unspecified atom stereocenters. The SMILES string of the molecule is COC1CC2CCC1N(C)C2. The number of rotatable bonds is 1. The molecule has 2 saturated heterocycles. The summed E-state index contributed by atoms with van der Waals surface area (Å²) < 4.78 is 5.45. The van der Waals surface area contributed by atoms with Crippen molar-refractivity contribution in [3.63, 3.8) is 0 Å². The second-order valence-corrected chi connectivity index (χ2v) is 3.96. The fraction of sp³-hybridized carbons (Fsp3) is 1.00. The third-order valence-electron chi connectivity index (χ3n) is 3.28. The zero-order valence-corrected chi connectivity index (χ0v) is 7.42. The minimum absolute atomic E-state index is 0.521. The number of hydrogen-bond acceptors (Lipinski definition) is 2. The summed E-state index contributed by atoms with van der Waals surface area (Å²) in [7, 11) is 4.07. The topological polar surface area (TPSA) is 12.5 Å². The molecule has 0 aromatic rings. The van der Waals surface area contributed by atoms with Crippen molar-refractivity contribution in [3.05, 3.63) is 0 Å². The monoisotopic (exact) mass is 155 g/mol. The lowest BCUT2D eigenvalue weighted by Crippen LogP contribution is -2.54. The number of ether oxygens (including phenoxy) is 1. The van der Waals surface area contributed by atoms with E-state index in [9.17, 15) is 0 Å².